The number of nitrogens with zero attached hydrogens (tertiary/aromatic N) is 3. The molecule has 6 atom stereocenters. The molecule has 2 bridgehead atoms. The van der Waals surface area contributed by atoms with E-state index in [0.717, 1.165) is 27.6 Å². The number of hydrazone groups is 1. The largest absolute Gasteiger partial charge is 0.318 e. The van der Waals surface area contributed by atoms with E-state index in [4.69, 9.17) is 0 Å². The first-order valence-electron chi connectivity index (χ1n) is 10.5. The van der Waals surface area contributed by atoms with E-state index in [0.29, 0.717) is 11.8 Å². The Labute approximate surface area is 189 Å². The van der Waals surface area contributed by atoms with Crippen LogP contribution in [0.3, 0.4) is 0 Å². The summed E-state index contributed by atoms with van der Waals surface area (Å²) in [5.74, 6) is 1.04. The molecular weight excluding hydrogens is 489 g/mol. The predicted octanol–water partition coefficient (Wildman–Crippen LogP) is 4.09. The summed E-state index contributed by atoms with van der Waals surface area (Å²) in [5.41, 5.74) is 4.14. The van der Waals surface area contributed by atoms with Crippen LogP contribution in [0, 0.1) is 52.9 Å². The summed E-state index contributed by atoms with van der Waals surface area (Å²) in [6.45, 7) is 4.09. The van der Waals surface area contributed by atoms with E-state index in [1.807, 2.05) is 6.92 Å². The molecule has 1 aliphatic heterocycles. The van der Waals surface area contributed by atoms with E-state index < -0.39 is 0 Å². The third kappa shape index (κ3) is 2.49. The lowest BCUT2D eigenvalue weighted by atomic mass is 9.63. The molecule has 30 heavy (non-hydrogen) atoms. The molecular formula is C24H22IN3O2. The minimum Gasteiger partial charge on any atom is -0.318 e. The average molecular weight is 511 g/mol. The van der Waals surface area contributed by atoms with Gasteiger partial charge in [-0.15, -0.1) is 0 Å². The van der Waals surface area contributed by atoms with Crippen LogP contribution in [-0.4, -0.2) is 27.6 Å². The van der Waals surface area contributed by atoms with E-state index in [1.54, 1.807) is 6.21 Å². The standard InChI is InChI=1S/C24H22IN3O2/c1-12-9-14(13(2)27(12)16-5-3-15(25)4-6-16)11-26-28-23(29)21-17-7-8-18(20-10-19(17)20)22(21)24(28)30/h3-9,11,17-22H,10H2,1-2H3/b26-11-/t17-,18-,19-,20+,21+,22+/m0/s1. The number of hydrogen-bond donors (Lipinski definition) is 0. The Morgan fingerprint density at radius 1 is 1.00 bits per heavy atom. The fourth-order valence-corrected chi connectivity index (χ4v) is 6.44. The van der Waals surface area contributed by atoms with E-state index in [2.05, 4.69) is 81.7 Å². The average Bonchev–Trinajstić information content (AvgIpc) is 3.46. The van der Waals surface area contributed by atoms with Gasteiger partial charge in [-0.2, -0.15) is 10.1 Å². The Morgan fingerprint density at radius 3 is 2.20 bits per heavy atom. The first kappa shape index (κ1) is 18.5. The van der Waals surface area contributed by atoms with Crippen LogP contribution in [0.5, 0.6) is 0 Å². The van der Waals surface area contributed by atoms with Crippen LogP contribution in [0.15, 0.2) is 47.6 Å². The van der Waals surface area contributed by atoms with Gasteiger partial charge < -0.3 is 4.57 Å². The predicted molar refractivity (Wildman–Crippen MR) is 122 cm³/mol. The van der Waals surface area contributed by atoms with Crippen LogP contribution in [0.4, 0.5) is 0 Å². The van der Waals surface area contributed by atoms with E-state index in [-0.39, 0.29) is 35.5 Å². The lowest BCUT2D eigenvalue weighted by Gasteiger charge is -2.37. The lowest BCUT2D eigenvalue weighted by molar-refractivity contribution is -0.140. The number of imide groups is 1. The van der Waals surface area contributed by atoms with E-state index >= 15 is 0 Å². The second kappa shape index (κ2) is 6.39. The summed E-state index contributed by atoms with van der Waals surface area (Å²) in [4.78, 5) is 26.2. The zero-order chi connectivity index (χ0) is 20.7. The third-order valence-electron chi connectivity index (χ3n) is 7.51. The lowest BCUT2D eigenvalue weighted by Crippen LogP contribution is -2.40. The van der Waals surface area contributed by atoms with Gasteiger partial charge >= 0.3 is 0 Å². The van der Waals surface area contributed by atoms with Crippen molar-refractivity contribution in [2.24, 2.45) is 40.6 Å². The van der Waals surface area contributed by atoms with Gasteiger partial charge in [0.05, 0.1) is 18.1 Å². The number of carbonyl (C=O) groups is 2. The highest BCUT2D eigenvalue weighted by Gasteiger charge is 2.67. The molecule has 6 heteroatoms. The number of aryl methyl sites for hydroxylation is 1. The molecule has 0 N–H and O–H groups in total. The number of carbonyl (C=O) groups excluding carboxylic acids is 2. The van der Waals surface area contributed by atoms with Gasteiger partial charge in [-0.3, -0.25) is 9.59 Å². The number of halogens is 1. The van der Waals surface area contributed by atoms with Gasteiger partial charge in [0.15, 0.2) is 0 Å². The van der Waals surface area contributed by atoms with Gasteiger partial charge in [0, 0.05) is 26.2 Å². The zero-order valence-electron chi connectivity index (χ0n) is 16.8. The SMILES string of the molecule is Cc1cc(/C=N\N2C(=O)[C@@H]3[C@H]4C=C[C@@H]([C@@H]5C[C@H]45)[C@H]3C2=O)c(C)n1-c1ccc(I)cc1. The second-order valence-electron chi connectivity index (χ2n) is 9.03. The second-order valence-corrected chi connectivity index (χ2v) is 10.3. The number of aromatic nitrogens is 1. The van der Waals surface area contributed by atoms with Crippen molar-refractivity contribution in [2.75, 3.05) is 0 Å². The Kier molecular flexibility index (Phi) is 3.95. The fraction of sp³-hybridized carbons (Fsp3) is 0.375. The maximum absolute atomic E-state index is 13.1. The van der Waals surface area contributed by atoms with Gasteiger partial charge in [0.1, 0.15) is 0 Å². The summed E-state index contributed by atoms with van der Waals surface area (Å²) in [6, 6.07) is 10.4. The molecule has 0 spiro atoms. The normalized spacial score (nSPS) is 33.5. The highest BCUT2D eigenvalue weighted by molar-refractivity contribution is 14.1. The third-order valence-corrected chi connectivity index (χ3v) is 8.23. The minimum absolute atomic E-state index is 0.114. The Balaban J connectivity index is 1.30. The Morgan fingerprint density at radius 2 is 1.60 bits per heavy atom. The van der Waals surface area contributed by atoms with Gasteiger partial charge in [-0.1, -0.05) is 12.2 Å². The molecule has 1 saturated heterocycles. The van der Waals surface area contributed by atoms with Crippen molar-refractivity contribution in [3.63, 3.8) is 0 Å². The van der Waals surface area contributed by atoms with Crippen molar-refractivity contribution in [3.05, 3.63) is 63.0 Å². The molecule has 5 nitrogen and oxygen atoms in total. The molecule has 0 radical (unpaired) electrons. The van der Waals surface area contributed by atoms with Gasteiger partial charge in [-0.05, 0) is 96.9 Å². The van der Waals surface area contributed by atoms with Crippen molar-refractivity contribution in [1.29, 1.82) is 0 Å². The van der Waals surface area contributed by atoms with Crippen LogP contribution < -0.4 is 0 Å². The monoisotopic (exact) mass is 511 g/mol. The molecule has 1 aromatic carbocycles. The molecule has 2 amide bonds. The molecule has 5 aliphatic rings. The van der Waals surface area contributed by atoms with Gasteiger partial charge in [0.25, 0.3) is 11.8 Å². The number of amides is 2. The highest BCUT2D eigenvalue weighted by atomic mass is 127. The van der Waals surface area contributed by atoms with Crippen molar-refractivity contribution in [1.82, 2.24) is 9.58 Å². The number of benzene rings is 1. The van der Waals surface area contributed by atoms with Crippen molar-refractivity contribution in [2.45, 2.75) is 20.3 Å². The van der Waals surface area contributed by atoms with Gasteiger partial charge in [-0.25, -0.2) is 0 Å². The van der Waals surface area contributed by atoms with Crippen molar-refractivity contribution < 1.29 is 9.59 Å². The van der Waals surface area contributed by atoms with Crippen LogP contribution in [0.1, 0.15) is 23.4 Å². The fourth-order valence-electron chi connectivity index (χ4n) is 6.08. The minimum atomic E-state index is -0.201. The number of allylic oxidation sites excluding steroid dienone is 2. The maximum atomic E-state index is 13.1. The highest BCUT2D eigenvalue weighted by Crippen LogP contribution is 2.65. The summed E-state index contributed by atoms with van der Waals surface area (Å²) >= 11 is 2.30. The molecule has 3 fully saturated rings. The first-order chi connectivity index (χ1) is 14.5. The smallest absolute Gasteiger partial charge is 0.254 e. The summed E-state index contributed by atoms with van der Waals surface area (Å²) in [7, 11) is 0. The molecule has 1 aromatic heterocycles. The molecule has 2 heterocycles. The van der Waals surface area contributed by atoms with E-state index in [9.17, 15) is 9.59 Å². The zero-order valence-corrected chi connectivity index (χ0v) is 19.0. The summed E-state index contributed by atoms with van der Waals surface area (Å²) in [6.07, 6.45) is 7.22. The molecule has 7 rings (SSSR count). The molecule has 152 valence electrons. The van der Waals surface area contributed by atoms with Crippen LogP contribution in [-0.2, 0) is 9.59 Å². The van der Waals surface area contributed by atoms with Crippen LogP contribution in [0.2, 0.25) is 0 Å². The molecule has 4 aliphatic carbocycles. The number of rotatable bonds is 3. The van der Waals surface area contributed by atoms with E-state index in [1.165, 1.54) is 9.99 Å². The van der Waals surface area contributed by atoms with Gasteiger partial charge in [0.2, 0.25) is 0 Å². The van der Waals surface area contributed by atoms with Crippen LogP contribution >= 0.6 is 22.6 Å². The molecule has 0 unspecified atom stereocenters. The van der Waals surface area contributed by atoms with Crippen molar-refractivity contribution >= 4 is 40.6 Å². The van der Waals surface area contributed by atoms with Crippen LogP contribution in [0.25, 0.3) is 5.69 Å². The molecule has 2 saturated carbocycles. The first-order valence-corrected chi connectivity index (χ1v) is 11.6. The Hall–Kier alpha value is -2.22. The summed E-state index contributed by atoms with van der Waals surface area (Å²) in [5, 5.41) is 5.56. The Bertz CT molecular complexity index is 1110. The topological polar surface area (TPSA) is 54.7 Å². The maximum Gasteiger partial charge on any atom is 0.254 e. The quantitative estimate of drug-likeness (QED) is 0.270. The number of hydrogen-bond acceptors (Lipinski definition) is 3. The summed E-state index contributed by atoms with van der Waals surface area (Å²) < 4.78 is 3.36. The van der Waals surface area contributed by atoms with Crippen molar-refractivity contribution in [3.8, 4) is 5.69 Å². The molecule has 2 aromatic rings.